The van der Waals surface area contributed by atoms with Crippen molar-refractivity contribution < 1.29 is 28.7 Å². The van der Waals surface area contributed by atoms with Crippen molar-refractivity contribution in [3.05, 3.63) is 111 Å². The number of carbonyl (C=O) groups excluding carboxylic acids is 1. The molecule has 0 fully saturated rings. The lowest BCUT2D eigenvalue weighted by Crippen LogP contribution is -2.28. The van der Waals surface area contributed by atoms with Gasteiger partial charge in [-0.05, 0) is 85.8 Å². The van der Waals surface area contributed by atoms with E-state index in [0.717, 1.165) is 0 Å². The molecule has 4 aromatic rings. The monoisotopic (exact) mass is 539 g/mol. The summed E-state index contributed by atoms with van der Waals surface area (Å²) in [6.45, 7) is 1.58. The molecule has 188 valence electrons. The number of non-ortho nitro benzene ring substituents is 1. The van der Waals surface area contributed by atoms with Crippen LogP contribution < -0.4 is 18.9 Å². The molecular weight excluding hydrogens is 521 g/mol. The normalized spacial score (nSPS) is 11.3. The molecule has 4 rings (SSSR count). The number of nitrogens with zero attached hydrogens (tertiary/aromatic N) is 1. The fourth-order valence-electron chi connectivity index (χ4n) is 3.07. The molecule has 0 saturated heterocycles. The van der Waals surface area contributed by atoms with Gasteiger partial charge in [0.1, 0.15) is 34.5 Å². The third kappa shape index (κ3) is 7.13. The van der Waals surface area contributed by atoms with E-state index in [1.54, 1.807) is 79.7 Å². The molecule has 0 spiro atoms. The SMILES string of the molecule is CC(Oc1ccc(Oc2ccc(Cl)cc2)cc1)C(=O)Oc1ccc(Oc2ccc([N+](=O)[O-])cc2Cl)cc1. The van der Waals surface area contributed by atoms with Crippen molar-refractivity contribution in [2.24, 2.45) is 0 Å². The van der Waals surface area contributed by atoms with E-state index in [1.165, 1.54) is 18.2 Å². The molecule has 0 aliphatic carbocycles. The van der Waals surface area contributed by atoms with Gasteiger partial charge in [-0.1, -0.05) is 23.2 Å². The lowest BCUT2D eigenvalue weighted by atomic mass is 10.3. The Bertz CT molecular complexity index is 1390. The number of esters is 1. The van der Waals surface area contributed by atoms with Crippen LogP contribution in [0.25, 0.3) is 0 Å². The van der Waals surface area contributed by atoms with E-state index >= 15 is 0 Å². The second-order valence-corrected chi connectivity index (χ2v) is 8.50. The Morgan fingerprint density at radius 1 is 0.757 bits per heavy atom. The zero-order valence-electron chi connectivity index (χ0n) is 19.3. The number of benzene rings is 4. The average Bonchev–Trinajstić information content (AvgIpc) is 2.88. The molecule has 8 nitrogen and oxygen atoms in total. The van der Waals surface area contributed by atoms with Crippen molar-refractivity contribution in [3.8, 4) is 34.5 Å². The molecule has 0 heterocycles. The molecule has 0 saturated carbocycles. The van der Waals surface area contributed by atoms with Crippen LogP contribution in [0.2, 0.25) is 10.0 Å². The lowest BCUT2D eigenvalue weighted by molar-refractivity contribution is -0.384. The molecule has 0 bridgehead atoms. The molecule has 4 aromatic carbocycles. The molecule has 0 aromatic heterocycles. The van der Waals surface area contributed by atoms with Gasteiger partial charge in [0.2, 0.25) is 0 Å². The topological polar surface area (TPSA) is 97.1 Å². The van der Waals surface area contributed by atoms with Crippen LogP contribution in [-0.2, 0) is 4.79 Å². The fourth-order valence-corrected chi connectivity index (χ4v) is 3.40. The van der Waals surface area contributed by atoms with Gasteiger partial charge in [0.25, 0.3) is 5.69 Å². The van der Waals surface area contributed by atoms with Crippen molar-refractivity contribution in [2.75, 3.05) is 0 Å². The van der Waals surface area contributed by atoms with E-state index in [1.807, 2.05) is 0 Å². The zero-order chi connectivity index (χ0) is 26.4. The highest BCUT2D eigenvalue weighted by Crippen LogP contribution is 2.33. The summed E-state index contributed by atoms with van der Waals surface area (Å²) in [5, 5.41) is 11.5. The number of rotatable bonds is 9. The van der Waals surface area contributed by atoms with Crippen molar-refractivity contribution in [1.82, 2.24) is 0 Å². The van der Waals surface area contributed by atoms with E-state index in [2.05, 4.69) is 0 Å². The van der Waals surface area contributed by atoms with Gasteiger partial charge in [0.05, 0.1) is 9.95 Å². The van der Waals surface area contributed by atoms with Gasteiger partial charge in [0.15, 0.2) is 6.10 Å². The molecule has 0 N–H and O–H groups in total. The number of halogens is 2. The molecule has 1 unspecified atom stereocenters. The van der Waals surface area contributed by atoms with E-state index in [4.69, 9.17) is 42.1 Å². The van der Waals surface area contributed by atoms with Gasteiger partial charge in [-0.3, -0.25) is 10.1 Å². The summed E-state index contributed by atoms with van der Waals surface area (Å²) in [7, 11) is 0. The summed E-state index contributed by atoms with van der Waals surface area (Å²) in [6, 6.07) is 23.9. The van der Waals surface area contributed by atoms with E-state index in [0.29, 0.717) is 28.0 Å². The minimum Gasteiger partial charge on any atom is -0.479 e. The summed E-state index contributed by atoms with van der Waals surface area (Å²) >= 11 is 11.9. The van der Waals surface area contributed by atoms with Gasteiger partial charge in [-0.15, -0.1) is 0 Å². The minimum atomic E-state index is -0.877. The first-order valence-corrected chi connectivity index (χ1v) is 11.7. The largest absolute Gasteiger partial charge is 0.479 e. The summed E-state index contributed by atoms with van der Waals surface area (Å²) in [4.78, 5) is 22.8. The van der Waals surface area contributed by atoms with E-state index in [9.17, 15) is 14.9 Å². The molecule has 0 aliphatic rings. The molecule has 1 atom stereocenters. The number of hydrogen-bond donors (Lipinski definition) is 0. The predicted octanol–water partition coefficient (Wildman–Crippen LogP) is 7.86. The second-order valence-electron chi connectivity index (χ2n) is 7.65. The Kier molecular flexibility index (Phi) is 8.12. The Morgan fingerprint density at radius 3 is 1.84 bits per heavy atom. The third-order valence-electron chi connectivity index (χ3n) is 4.91. The Morgan fingerprint density at radius 2 is 1.27 bits per heavy atom. The van der Waals surface area contributed by atoms with Crippen LogP contribution in [0.3, 0.4) is 0 Å². The first kappa shape index (κ1) is 25.8. The number of nitro benzene ring substituents is 1. The van der Waals surface area contributed by atoms with Gasteiger partial charge < -0.3 is 18.9 Å². The smallest absolute Gasteiger partial charge is 0.352 e. The Balaban J connectivity index is 1.29. The highest BCUT2D eigenvalue weighted by Gasteiger charge is 2.18. The Hall–Kier alpha value is -4.27. The maximum atomic E-state index is 12.5. The Labute approximate surface area is 222 Å². The second kappa shape index (κ2) is 11.6. The van der Waals surface area contributed by atoms with E-state index < -0.39 is 17.0 Å². The number of ether oxygens (including phenoxy) is 4. The summed E-state index contributed by atoms with van der Waals surface area (Å²) in [5.74, 6) is 2.06. The summed E-state index contributed by atoms with van der Waals surface area (Å²) in [6.07, 6.45) is -0.877. The molecule has 10 heteroatoms. The van der Waals surface area contributed by atoms with Crippen LogP contribution in [0.15, 0.2) is 91.0 Å². The lowest BCUT2D eigenvalue weighted by Gasteiger charge is -2.14. The van der Waals surface area contributed by atoms with Gasteiger partial charge in [-0.25, -0.2) is 4.79 Å². The first-order valence-electron chi connectivity index (χ1n) is 10.9. The highest BCUT2D eigenvalue weighted by atomic mass is 35.5. The maximum Gasteiger partial charge on any atom is 0.352 e. The summed E-state index contributed by atoms with van der Waals surface area (Å²) < 4.78 is 22.4. The van der Waals surface area contributed by atoms with Crippen molar-refractivity contribution in [2.45, 2.75) is 13.0 Å². The first-order chi connectivity index (χ1) is 17.8. The van der Waals surface area contributed by atoms with Crippen LogP contribution in [-0.4, -0.2) is 17.0 Å². The molecule has 37 heavy (non-hydrogen) atoms. The van der Waals surface area contributed by atoms with Gasteiger partial charge >= 0.3 is 5.97 Å². The van der Waals surface area contributed by atoms with Crippen LogP contribution in [0.4, 0.5) is 5.69 Å². The van der Waals surface area contributed by atoms with Crippen LogP contribution in [0.5, 0.6) is 34.5 Å². The average molecular weight is 540 g/mol. The number of hydrogen-bond acceptors (Lipinski definition) is 7. The van der Waals surface area contributed by atoms with Gasteiger partial charge in [-0.2, -0.15) is 0 Å². The van der Waals surface area contributed by atoms with Crippen LogP contribution in [0.1, 0.15) is 6.92 Å². The fraction of sp³-hybridized carbons (Fsp3) is 0.0741. The minimum absolute atomic E-state index is 0.0975. The van der Waals surface area contributed by atoms with Crippen LogP contribution in [0, 0.1) is 10.1 Å². The standard InChI is InChI=1S/C27H19Cl2NO7/c1-17(34-20-7-9-22(10-8-20)35-21-5-2-18(28)3-6-21)27(31)37-24-13-11-23(12-14-24)36-26-15-4-19(30(32)33)16-25(26)29/h2-17H,1H3. The quantitative estimate of drug-likeness (QED) is 0.0923. The maximum absolute atomic E-state index is 12.5. The predicted molar refractivity (Wildman–Crippen MR) is 138 cm³/mol. The van der Waals surface area contributed by atoms with Crippen molar-refractivity contribution >= 4 is 34.9 Å². The van der Waals surface area contributed by atoms with Gasteiger partial charge in [0, 0.05) is 17.2 Å². The highest BCUT2D eigenvalue weighted by molar-refractivity contribution is 6.32. The molecular formula is C27H19Cl2NO7. The molecule has 0 aliphatic heterocycles. The summed E-state index contributed by atoms with van der Waals surface area (Å²) in [5.41, 5.74) is -0.141. The van der Waals surface area contributed by atoms with E-state index in [-0.39, 0.29) is 22.2 Å². The van der Waals surface area contributed by atoms with Crippen LogP contribution >= 0.6 is 23.2 Å². The third-order valence-corrected chi connectivity index (χ3v) is 5.46. The zero-order valence-corrected chi connectivity index (χ0v) is 20.8. The van der Waals surface area contributed by atoms with Crippen molar-refractivity contribution in [1.29, 1.82) is 0 Å². The number of nitro groups is 1. The molecule has 0 radical (unpaired) electrons. The molecule has 0 amide bonds. The van der Waals surface area contributed by atoms with Crippen molar-refractivity contribution in [3.63, 3.8) is 0 Å². The number of carbonyl (C=O) groups is 1.